The van der Waals surface area contributed by atoms with E-state index in [-0.39, 0.29) is 0 Å². The van der Waals surface area contributed by atoms with Crippen LogP contribution in [0.3, 0.4) is 0 Å². The molecular formula is C16H18N4. The van der Waals surface area contributed by atoms with E-state index in [0.717, 1.165) is 22.6 Å². The number of rotatable bonds is 4. The van der Waals surface area contributed by atoms with E-state index in [9.17, 15) is 0 Å². The SMILES string of the molecule is CC(=NN=Nc1ccc(N(C)C)cc1)c1ccccc1. The highest BCUT2D eigenvalue weighted by molar-refractivity contribution is 5.98. The minimum atomic E-state index is 0.792. The predicted molar refractivity (Wildman–Crippen MR) is 83.9 cm³/mol. The Morgan fingerprint density at radius 1 is 0.900 bits per heavy atom. The van der Waals surface area contributed by atoms with Crippen LogP contribution in [0.4, 0.5) is 11.4 Å². The van der Waals surface area contributed by atoms with Crippen LogP contribution in [-0.2, 0) is 0 Å². The predicted octanol–water partition coefficient (Wildman–Crippen LogP) is 4.26. The van der Waals surface area contributed by atoms with Crippen molar-refractivity contribution < 1.29 is 0 Å². The monoisotopic (exact) mass is 266 g/mol. The van der Waals surface area contributed by atoms with Crippen LogP contribution in [-0.4, -0.2) is 19.8 Å². The molecule has 0 fully saturated rings. The summed E-state index contributed by atoms with van der Waals surface area (Å²) in [6.45, 7) is 1.92. The molecular weight excluding hydrogens is 248 g/mol. The zero-order valence-corrected chi connectivity index (χ0v) is 12.0. The maximum Gasteiger partial charge on any atom is 0.0876 e. The molecule has 4 heteroatoms. The third kappa shape index (κ3) is 3.75. The Bertz CT molecular complexity index is 598. The molecule has 0 heterocycles. The van der Waals surface area contributed by atoms with Crippen molar-refractivity contribution >= 4 is 17.1 Å². The van der Waals surface area contributed by atoms with Gasteiger partial charge in [-0.1, -0.05) is 30.3 Å². The first-order valence-electron chi connectivity index (χ1n) is 6.45. The molecule has 0 aliphatic heterocycles. The summed E-state index contributed by atoms with van der Waals surface area (Å²) in [7, 11) is 4.01. The number of anilines is 1. The van der Waals surface area contributed by atoms with Gasteiger partial charge in [-0.15, -0.1) is 10.2 Å². The zero-order valence-electron chi connectivity index (χ0n) is 12.0. The fraction of sp³-hybridized carbons (Fsp3) is 0.188. The fourth-order valence-corrected chi connectivity index (χ4v) is 1.70. The molecule has 0 aromatic heterocycles. The lowest BCUT2D eigenvalue weighted by molar-refractivity contribution is 1.05. The van der Waals surface area contributed by atoms with Crippen LogP contribution in [0.1, 0.15) is 12.5 Å². The van der Waals surface area contributed by atoms with Gasteiger partial charge in [0.1, 0.15) is 0 Å². The molecule has 0 N–H and O–H groups in total. The molecule has 0 aliphatic rings. The minimum absolute atomic E-state index is 0.792. The van der Waals surface area contributed by atoms with Crippen molar-refractivity contribution in [2.24, 2.45) is 15.4 Å². The molecule has 0 aliphatic carbocycles. The normalized spacial score (nSPS) is 11.8. The maximum atomic E-state index is 4.11. The summed E-state index contributed by atoms with van der Waals surface area (Å²) in [6.07, 6.45) is 0. The fourth-order valence-electron chi connectivity index (χ4n) is 1.70. The lowest BCUT2D eigenvalue weighted by Crippen LogP contribution is -2.07. The third-order valence-corrected chi connectivity index (χ3v) is 2.91. The Balaban J connectivity index is 2.06. The molecule has 0 radical (unpaired) electrons. The summed E-state index contributed by atoms with van der Waals surface area (Å²) >= 11 is 0. The number of hydrogen-bond donors (Lipinski definition) is 0. The molecule has 20 heavy (non-hydrogen) atoms. The van der Waals surface area contributed by atoms with E-state index in [1.807, 2.05) is 80.5 Å². The molecule has 2 aromatic carbocycles. The Labute approximate surface area is 119 Å². The Morgan fingerprint density at radius 3 is 2.15 bits per heavy atom. The second-order valence-electron chi connectivity index (χ2n) is 4.65. The van der Waals surface area contributed by atoms with Crippen molar-refractivity contribution in [3.05, 3.63) is 60.2 Å². The second-order valence-corrected chi connectivity index (χ2v) is 4.65. The van der Waals surface area contributed by atoms with Gasteiger partial charge in [-0.3, -0.25) is 0 Å². The molecule has 0 saturated carbocycles. The van der Waals surface area contributed by atoms with E-state index in [0.29, 0.717) is 0 Å². The van der Waals surface area contributed by atoms with Gasteiger partial charge in [0.05, 0.1) is 11.4 Å². The average Bonchev–Trinajstić information content (AvgIpc) is 2.48. The van der Waals surface area contributed by atoms with Gasteiger partial charge in [0.25, 0.3) is 0 Å². The molecule has 0 unspecified atom stereocenters. The van der Waals surface area contributed by atoms with Crippen LogP contribution >= 0.6 is 0 Å². The molecule has 0 spiro atoms. The number of benzene rings is 2. The van der Waals surface area contributed by atoms with E-state index >= 15 is 0 Å². The number of hydrogen-bond acceptors (Lipinski definition) is 3. The molecule has 0 bridgehead atoms. The largest absolute Gasteiger partial charge is 0.378 e. The quantitative estimate of drug-likeness (QED) is 0.463. The van der Waals surface area contributed by atoms with E-state index in [1.165, 1.54) is 0 Å². The van der Waals surface area contributed by atoms with Gasteiger partial charge >= 0.3 is 0 Å². The van der Waals surface area contributed by atoms with Gasteiger partial charge in [-0.05, 0) is 42.0 Å². The standard InChI is InChI=1S/C16H18N4/c1-13(14-7-5-4-6-8-14)17-19-18-15-9-11-16(12-10-15)20(2)3/h4-12H,1-3H3. The Kier molecular flexibility index (Phi) is 4.60. The van der Waals surface area contributed by atoms with Gasteiger partial charge in [0.2, 0.25) is 0 Å². The van der Waals surface area contributed by atoms with Crippen LogP contribution in [0.15, 0.2) is 70.0 Å². The van der Waals surface area contributed by atoms with Gasteiger partial charge in [0, 0.05) is 19.8 Å². The molecule has 2 rings (SSSR count). The van der Waals surface area contributed by atoms with Crippen molar-refractivity contribution in [1.82, 2.24) is 0 Å². The lowest BCUT2D eigenvalue weighted by atomic mass is 10.1. The van der Waals surface area contributed by atoms with Crippen LogP contribution in [0.2, 0.25) is 0 Å². The van der Waals surface area contributed by atoms with E-state index in [2.05, 4.69) is 15.4 Å². The van der Waals surface area contributed by atoms with Gasteiger partial charge < -0.3 is 4.90 Å². The molecule has 0 amide bonds. The highest BCUT2D eigenvalue weighted by Gasteiger charge is 1.96. The first-order chi connectivity index (χ1) is 9.66. The molecule has 4 nitrogen and oxygen atoms in total. The van der Waals surface area contributed by atoms with Crippen LogP contribution < -0.4 is 4.90 Å². The molecule has 2 aromatic rings. The smallest absolute Gasteiger partial charge is 0.0876 e. The topological polar surface area (TPSA) is 40.3 Å². The van der Waals surface area contributed by atoms with Crippen LogP contribution in [0, 0.1) is 0 Å². The maximum absolute atomic E-state index is 4.11. The summed E-state index contributed by atoms with van der Waals surface area (Å²) in [4.78, 5) is 2.04. The summed E-state index contributed by atoms with van der Waals surface area (Å²) < 4.78 is 0. The summed E-state index contributed by atoms with van der Waals surface area (Å²) in [6, 6.07) is 17.8. The van der Waals surface area contributed by atoms with Crippen LogP contribution in [0.25, 0.3) is 0 Å². The lowest BCUT2D eigenvalue weighted by Gasteiger charge is -2.11. The van der Waals surface area contributed by atoms with E-state index in [1.54, 1.807) is 0 Å². The summed E-state index contributed by atoms with van der Waals surface area (Å²) in [5, 5.41) is 12.1. The van der Waals surface area contributed by atoms with Gasteiger partial charge in [-0.2, -0.15) is 0 Å². The van der Waals surface area contributed by atoms with Gasteiger partial charge in [-0.25, -0.2) is 0 Å². The van der Waals surface area contributed by atoms with E-state index in [4.69, 9.17) is 0 Å². The Morgan fingerprint density at radius 2 is 1.55 bits per heavy atom. The number of nitrogens with zero attached hydrogens (tertiary/aromatic N) is 4. The molecule has 0 saturated heterocycles. The molecule has 0 atom stereocenters. The van der Waals surface area contributed by atoms with Crippen molar-refractivity contribution in [1.29, 1.82) is 0 Å². The average molecular weight is 266 g/mol. The first kappa shape index (κ1) is 13.9. The van der Waals surface area contributed by atoms with Crippen molar-refractivity contribution in [2.75, 3.05) is 19.0 Å². The summed E-state index contributed by atoms with van der Waals surface area (Å²) in [5.41, 5.74) is 3.82. The highest BCUT2D eigenvalue weighted by Crippen LogP contribution is 2.18. The van der Waals surface area contributed by atoms with Crippen LogP contribution in [0.5, 0.6) is 0 Å². The summed E-state index contributed by atoms with van der Waals surface area (Å²) in [5.74, 6) is 0. The second kappa shape index (κ2) is 6.61. The van der Waals surface area contributed by atoms with E-state index < -0.39 is 0 Å². The minimum Gasteiger partial charge on any atom is -0.378 e. The molecule has 102 valence electrons. The first-order valence-corrected chi connectivity index (χ1v) is 6.45. The van der Waals surface area contributed by atoms with Crippen molar-refractivity contribution in [3.8, 4) is 0 Å². The zero-order chi connectivity index (χ0) is 14.4. The van der Waals surface area contributed by atoms with Crippen molar-refractivity contribution in [3.63, 3.8) is 0 Å². The highest BCUT2D eigenvalue weighted by atomic mass is 15.4. The van der Waals surface area contributed by atoms with Crippen molar-refractivity contribution in [2.45, 2.75) is 6.92 Å². The Hall–Kier alpha value is -2.49. The third-order valence-electron chi connectivity index (χ3n) is 2.91. The van der Waals surface area contributed by atoms with Gasteiger partial charge in [0.15, 0.2) is 0 Å².